The fraction of sp³-hybridized carbons (Fsp3) is 0.333. The molecule has 0 saturated carbocycles. The number of primary amides is 1. The first-order valence-corrected chi connectivity index (χ1v) is 5.07. The van der Waals surface area contributed by atoms with E-state index in [1.807, 2.05) is 0 Å². The molecule has 1 amide bonds. The Bertz CT molecular complexity index is 460. The van der Waals surface area contributed by atoms with E-state index in [-0.39, 0.29) is 17.1 Å². The largest absolute Gasteiger partial charge is 0.504 e. The molecule has 1 aromatic rings. The average molecular weight is 237 g/mol. The van der Waals surface area contributed by atoms with Crippen molar-refractivity contribution < 1.29 is 19.4 Å². The van der Waals surface area contributed by atoms with Crippen molar-refractivity contribution in [1.82, 2.24) is 0 Å². The lowest BCUT2D eigenvalue weighted by Crippen LogP contribution is -2.25. The third-order valence-electron chi connectivity index (χ3n) is 2.06. The van der Waals surface area contributed by atoms with Gasteiger partial charge in [-0.3, -0.25) is 9.59 Å². The number of phenols is 1. The summed E-state index contributed by atoms with van der Waals surface area (Å²) < 4.78 is 5.00. The van der Waals surface area contributed by atoms with Gasteiger partial charge in [-0.05, 0) is 39.0 Å². The van der Waals surface area contributed by atoms with Crippen molar-refractivity contribution in [1.29, 1.82) is 0 Å². The number of amides is 1. The number of nitrogens with two attached hydrogens (primary N) is 1. The molecule has 0 fully saturated rings. The summed E-state index contributed by atoms with van der Waals surface area (Å²) in [6.45, 7) is 5.10. The Morgan fingerprint density at radius 2 is 1.88 bits per heavy atom. The first kappa shape index (κ1) is 13.0. The maximum Gasteiger partial charge on any atom is 0.316 e. The molecule has 3 N–H and O–H groups in total. The van der Waals surface area contributed by atoms with Crippen LogP contribution in [-0.2, 0) is 4.79 Å². The highest BCUT2D eigenvalue weighted by Crippen LogP contribution is 2.29. The van der Waals surface area contributed by atoms with Gasteiger partial charge in [-0.15, -0.1) is 0 Å². The zero-order valence-corrected chi connectivity index (χ0v) is 9.98. The fourth-order valence-electron chi connectivity index (χ4n) is 1.01. The van der Waals surface area contributed by atoms with Crippen LogP contribution in [0.3, 0.4) is 0 Å². The van der Waals surface area contributed by atoms with Crippen molar-refractivity contribution in [2.45, 2.75) is 20.8 Å². The molecular formula is C12H15NO4. The molecule has 0 aromatic heterocycles. The molecule has 17 heavy (non-hydrogen) atoms. The highest BCUT2D eigenvalue weighted by molar-refractivity contribution is 5.93. The van der Waals surface area contributed by atoms with Crippen LogP contribution in [0.4, 0.5) is 0 Å². The summed E-state index contributed by atoms with van der Waals surface area (Å²) >= 11 is 0. The van der Waals surface area contributed by atoms with Gasteiger partial charge in [-0.2, -0.15) is 0 Å². The lowest BCUT2D eigenvalue weighted by molar-refractivity contribution is -0.143. The number of benzene rings is 1. The van der Waals surface area contributed by atoms with Gasteiger partial charge in [0.05, 0.1) is 5.41 Å². The molecule has 5 nitrogen and oxygen atoms in total. The van der Waals surface area contributed by atoms with Crippen LogP contribution in [0.1, 0.15) is 31.1 Å². The minimum atomic E-state index is -0.672. The Morgan fingerprint density at radius 3 is 2.29 bits per heavy atom. The van der Waals surface area contributed by atoms with Crippen LogP contribution in [0, 0.1) is 5.41 Å². The van der Waals surface area contributed by atoms with Crippen molar-refractivity contribution in [3.63, 3.8) is 0 Å². The fourth-order valence-corrected chi connectivity index (χ4v) is 1.01. The Balaban J connectivity index is 2.95. The van der Waals surface area contributed by atoms with Crippen molar-refractivity contribution >= 4 is 11.9 Å². The number of hydrogen-bond acceptors (Lipinski definition) is 4. The Morgan fingerprint density at radius 1 is 1.29 bits per heavy atom. The van der Waals surface area contributed by atoms with Crippen molar-refractivity contribution in [2.24, 2.45) is 11.1 Å². The summed E-state index contributed by atoms with van der Waals surface area (Å²) in [7, 11) is 0. The van der Waals surface area contributed by atoms with Gasteiger partial charge in [-0.25, -0.2) is 0 Å². The maximum atomic E-state index is 11.6. The van der Waals surface area contributed by atoms with Crippen molar-refractivity contribution in [2.75, 3.05) is 0 Å². The second-order valence-electron chi connectivity index (χ2n) is 4.69. The van der Waals surface area contributed by atoms with Crippen LogP contribution < -0.4 is 10.5 Å². The van der Waals surface area contributed by atoms with Crippen LogP contribution in [0.25, 0.3) is 0 Å². The van der Waals surface area contributed by atoms with Crippen LogP contribution in [0.15, 0.2) is 18.2 Å². The summed E-state index contributed by atoms with van der Waals surface area (Å²) in [5, 5.41) is 9.57. The van der Waals surface area contributed by atoms with Gasteiger partial charge in [0.2, 0.25) is 5.91 Å². The summed E-state index contributed by atoms with van der Waals surface area (Å²) in [5.74, 6) is -1.41. The molecule has 0 heterocycles. The number of hydrogen-bond donors (Lipinski definition) is 2. The zero-order chi connectivity index (χ0) is 13.2. The van der Waals surface area contributed by atoms with Gasteiger partial charge in [0.15, 0.2) is 11.5 Å². The van der Waals surface area contributed by atoms with E-state index in [0.717, 1.165) is 6.07 Å². The van der Waals surface area contributed by atoms with E-state index in [9.17, 15) is 14.7 Å². The van der Waals surface area contributed by atoms with Crippen LogP contribution in [-0.4, -0.2) is 17.0 Å². The van der Waals surface area contributed by atoms with Crippen LogP contribution in [0.5, 0.6) is 11.5 Å². The number of phenolic OH excluding ortho intramolecular Hbond substituents is 1. The van der Waals surface area contributed by atoms with E-state index in [1.54, 1.807) is 20.8 Å². The minimum absolute atomic E-state index is 0.00919. The molecule has 0 atom stereocenters. The third kappa shape index (κ3) is 3.21. The molecule has 0 bridgehead atoms. The third-order valence-corrected chi connectivity index (χ3v) is 2.06. The van der Waals surface area contributed by atoms with Crippen LogP contribution in [0.2, 0.25) is 0 Å². The Hall–Kier alpha value is -2.04. The van der Waals surface area contributed by atoms with E-state index in [2.05, 4.69) is 0 Å². The maximum absolute atomic E-state index is 11.6. The van der Waals surface area contributed by atoms with E-state index in [4.69, 9.17) is 10.5 Å². The van der Waals surface area contributed by atoms with Gasteiger partial charge >= 0.3 is 5.97 Å². The SMILES string of the molecule is CC(C)(C)C(=O)Oc1ccc(C(N)=O)cc1O. The first-order valence-electron chi connectivity index (χ1n) is 5.07. The lowest BCUT2D eigenvalue weighted by Gasteiger charge is -2.16. The van der Waals surface area contributed by atoms with Gasteiger partial charge in [0.1, 0.15) is 0 Å². The number of esters is 1. The number of ether oxygens (including phenoxy) is 1. The van der Waals surface area contributed by atoms with Crippen molar-refractivity contribution in [3.8, 4) is 11.5 Å². The standard InChI is InChI=1S/C12H15NO4/c1-12(2,3)11(16)17-9-5-4-7(10(13)15)6-8(9)14/h4-6,14H,1-3H3,(H2,13,15). The van der Waals surface area contributed by atoms with E-state index in [0.29, 0.717) is 0 Å². The second kappa shape index (κ2) is 4.45. The van der Waals surface area contributed by atoms with E-state index >= 15 is 0 Å². The summed E-state index contributed by atoms with van der Waals surface area (Å²) in [4.78, 5) is 22.4. The zero-order valence-electron chi connectivity index (χ0n) is 9.98. The monoisotopic (exact) mass is 237 g/mol. The predicted octanol–water partition coefficient (Wildman–Crippen LogP) is 1.44. The normalized spacial score (nSPS) is 11.0. The van der Waals surface area contributed by atoms with Crippen molar-refractivity contribution in [3.05, 3.63) is 23.8 Å². The highest BCUT2D eigenvalue weighted by Gasteiger charge is 2.24. The smallest absolute Gasteiger partial charge is 0.316 e. The molecular weight excluding hydrogens is 222 g/mol. The Labute approximate surface area is 99.2 Å². The minimum Gasteiger partial charge on any atom is -0.504 e. The molecule has 92 valence electrons. The lowest BCUT2D eigenvalue weighted by atomic mass is 9.97. The highest BCUT2D eigenvalue weighted by atomic mass is 16.5. The van der Waals surface area contributed by atoms with Gasteiger partial charge < -0.3 is 15.6 Å². The summed E-state index contributed by atoms with van der Waals surface area (Å²) in [5.41, 5.74) is 4.52. The van der Waals surface area contributed by atoms with Gasteiger partial charge in [0.25, 0.3) is 0 Å². The molecule has 5 heteroatoms. The molecule has 0 aliphatic rings. The van der Waals surface area contributed by atoms with E-state index < -0.39 is 17.3 Å². The van der Waals surface area contributed by atoms with Crippen LogP contribution >= 0.6 is 0 Å². The van der Waals surface area contributed by atoms with Gasteiger partial charge in [-0.1, -0.05) is 0 Å². The number of aromatic hydroxyl groups is 1. The van der Waals surface area contributed by atoms with E-state index in [1.165, 1.54) is 12.1 Å². The molecule has 1 rings (SSSR count). The Kier molecular flexibility index (Phi) is 3.41. The first-order chi connectivity index (χ1) is 7.71. The summed E-state index contributed by atoms with van der Waals surface area (Å²) in [6.07, 6.45) is 0. The topological polar surface area (TPSA) is 89.6 Å². The predicted molar refractivity (Wildman–Crippen MR) is 61.7 cm³/mol. The number of rotatable bonds is 2. The van der Waals surface area contributed by atoms with Gasteiger partial charge in [0, 0.05) is 5.56 Å². The summed E-state index contributed by atoms with van der Waals surface area (Å²) in [6, 6.07) is 3.88. The molecule has 0 aliphatic heterocycles. The molecule has 0 unspecified atom stereocenters. The molecule has 0 spiro atoms. The second-order valence-corrected chi connectivity index (χ2v) is 4.69. The molecule has 1 aromatic carbocycles. The number of carbonyl (C=O) groups excluding carboxylic acids is 2. The average Bonchev–Trinajstić information content (AvgIpc) is 2.19. The number of carbonyl (C=O) groups is 2. The molecule has 0 saturated heterocycles. The quantitative estimate of drug-likeness (QED) is 0.601. The molecule has 0 aliphatic carbocycles. The molecule has 0 radical (unpaired) electrons.